The van der Waals surface area contributed by atoms with Crippen LogP contribution < -0.4 is 14.8 Å². The van der Waals surface area contributed by atoms with Crippen molar-refractivity contribution in [2.24, 2.45) is 4.99 Å². The lowest BCUT2D eigenvalue weighted by molar-refractivity contribution is -0.116. The fourth-order valence-electron chi connectivity index (χ4n) is 3.60. The molecule has 10 heteroatoms. The van der Waals surface area contributed by atoms with E-state index in [0.717, 1.165) is 12.8 Å². The Labute approximate surface area is 198 Å². The average molecular weight is 482 g/mol. The molecule has 2 heterocycles. The van der Waals surface area contributed by atoms with Gasteiger partial charge in [-0.2, -0.15) is 0 Å². The zero-order valence-electron chi connectivity index (χ0n) is 18.7. The molecule has 2 aromatic carbocycles. The van der Waals surface area contributed by atoms with E-state index < -0.39 is 10.0 Å². The number of anilines is 1. The predicted octanol–water partition coefficient (Wildman–Crippen LogP) is 3.20. The number of nitrogens with zero attached hydrogens (tertiary/aromatic N) is 3. The number of sulfonamides is 1. The largest absolute Gasteiger partial charge is 0.490 e. The Morgan fingerprint density at radius 2 is 1.91 bits per heavy atom. The molecule has 0 saturated carbocycles. The van der Waals surface area contributed by atoms with Crippen LogP contribution in [0.25, 0.3) is 0 Å². The number of hydrogen-bond acceptors (Lipinski definition) is 6. The minimum atomic E-state index is -3.51. The Morgan fingerprint density at radius 1 is 1.09 bits per heavy atom. The van der Waals surface area contributed by atoms with Crippen molar-refractivity contribution >= 4 is 27.5 Å². The second-order valence-electron chi connectivity index (χ2n) is 7.84. The maximum absolute atomic E-state index is 12.4. The molecule has 9 nitrogen and oxygen atoms in total. The fourth-order valence-corrected chi connectivity index (χ4v) is 4.86. The molecule has 0 aliphatic carbocycles. The van der Waals surface area contributed by atoms with E-state index in [1.54, 1.807) is 36.8 Å². The second kappa shape index (κ2) is 11.0. The third-order valence-corrected chi connectivity index (χ3v) is 6.72. The molecular weight excluding hydrogens is 454 g/mol. The van der Waals surface area contributed by atoms with Crippen molar-refractivity contribution < 1.29 is 17.9 Å². The molecule has 3 aromatic rings. The number of ether oxygens (including phenoxy) is 1. The number of carbonyl (C=O) groups excluding carboxylic acids is 1. The van der Waals surface area contributed by atoms with E-state index in [4.69, 9.17) is 4.74 Å². The maximum Gasteiger partial charge on any atom is 0.263 e. The lowest BCUT2D eigenvalue weighted by atomic mass is 10.1. The molecule has 0 atom stereocenters. The Balaban J connectivity index is 1.18. The van der Waals surface area contributed by atoms with Crippen molar-refractivity contribution in [2.45, 2.75) is 37.1 Å². The van der Waals surface area contributed by atoms with Crippen molar-refractivity contribution in [1.82, 2.24) is 14.3 Å². The summed E-state index contributed by atoms with van der Waals surface area (Å²) >= 11 is 0. The Bertz CT molecular complexity index is 1260. The van der Waals surface area contributed by atoms with Crippen LogP contribution in [-0.4, -0.2) is 42.9 Å². The Morgan fingerprint density at radius 3 is 2.76 bits per heavy atom. The second-order valence-corrected chi connectivity index (χ2v) is 9.49. The number of amides is 1. The molecule has 4 rings (SSSR count). The number of fused-ring (bicyclic) bond motifs is 1. The molecule has 178 valence electrons. The maximum atomic E-state index is 12.4. The average Bonchev–Trinajstić information content (AvgIpc) is 3.43. The number of benzene rings is 2. The number of aliphatic imine (C=N–C) groups is 1. The quantitative estimate of drug-likeness (QED) is 0.408. The molecule has 0 fully saturated rings. The third-order valence-electron chi connectivity index (χ3n) is 5.32. The molecule has 0 saturated heterocycles. The van der Waals surface area contributed by atoms with Gasteiger partial charge in [0.2, 0.25) is 5.91 Å². The van der Waals surface area contributed by atoms with Gasteiger partial charge in [-0.05, 0) is 37.1 Å². The Hall–Kier alpha value is -3.66. The first-order valence-electron chi connectivity index (χ1n) is 11.2. The summed E-state index contributed by atoms with van der Waals surface area (Å²) in [5, 5.41) is 2.92. The van der Waals surface area contributed by atoms with Gasteiger partial charge < -0.3 is 14.6 Å². The van der Waals surface area contributed by atoms with Gasteiger partial charge in [0.05, 0.1) is 23.5 Å². The zero-order valence-corrected chi connectivity index (χ0v) is 19.5. The lowest BCUT2D eigenvalue weighted by Crippen LogP contribution is -2.22. The van der Waals surface area contributed by atoms with Crippen LogP contribution in [0.3, 0.4) is 0 Å². The molecule has 34 heavy (non-hydrogen) atoms. The highest BCUT2D eigenvalue weighted by Gasteiger charge is 2.29. The van der Waals surface area contributed by atoms with E-state index in [1.807, 2.05) is 35.0 Å². The third kappa shape index (κ3) is 6.02. The highest BCUT2D eigenvalue weighted by Crippen LogP contribution is 2.24. The molecule has 0 spiro atoms. The van der Waals surface area contributed by atoms with Crippen LogP contribution in [0.15, 0.2) is 77.1 Å². The monoisotopic (exact) mass is 481 g/mol. The van der Waals surface area contributed by atoms with Gasteiger partial charge in [-0.1, -0.05) is 30.7 Å². The molecule has 1 aliphatic heterocycles. The summed E-state index contributed by atoms with van der Waals surface area (Å²) in [6.07, 6.45) is 7.98. The molecule has 0 radical (unpaired) electrons. The SMILES string of the molecule is O=C(CCCCCN=C1NS(=O)(=O)c2ccccc21)Nc1ccccc1OCCn1ccnc1. The molecule has 0 unspecified atom stereocenters. The van der Waals surface area contributed by atoms with Gasteiger partial charge in [0, 0.05) is 30.9 Å². The van der Waals surface area contributed by atoms with Gasteiger partial charge in [-0.25, -0.2) is 13.4 Å². The summed E-state index contributed by atoms with van der Waals surface area (Å²) in [7, 11) is -3.51. The highest BCUT2D eigenvalue weighted by atomic mass is 32.2. The van der Waals surface area contributed by atoms with Crippen molar-refractivity contribution in [3.63, 3.8) is 0 Å². The molecule has 1 amide bonds. The van der Waals surface area contributed by atoms with E-state index >= 15 is 0 Å². The number of aromatic nitrogens is 2. The minimum Gasteiger partial charge on any atom is -0.490 e. The van der Waals surface area contributed by atoms with E-state index in [-0.39, 0.29) is 10.8 Å². The van der Waals surface area contributed by atoms with Crippen LogP contribution >= 0.6 is 0 Å². The molecule has 0 bridgehead atoms. The van der Waals surface area contributed by atoms with Gasteiger partial charge in [0.1, 0.15) is 18.2 Å². The van der Waals surface area contributed by atoms with Gasteiger partial charge in [0.25, 0.3) is 10.0 Å². The predicted molar refractivity (Wildman–Crippen MR) is 129 cm³/mol. The van der Waals surface area contributed by atoms with Gasteiger partial charge >= 0.3 is 0 Å². The zero-order chi connectivity index (χ0) is 23.8. The minimum absolute atomic E-state index is 0.0746. The van der Waals surface area contributed by atoms with Crippen molar-refractivity contribution in [2.75, 3.05) is 18.5 Å². The first-order chi connectivity index (χ1) is 16.5. The number of unbranched alkanes of at least 4 members (excludes halogenated alkanes) is 2. The van der Waals surface area contributed by atoms with Crippen LogP contribution in [0.5, 0.6) is 5.75 Å². The first kappa shape index (κ1) is 23.5. The number of hydrogen-bond donors (Lipinski definition) is 2. The van der Waals surface area contributed by atoms with Crippen molar-refractivity contribution in [1.29, 1.82) is 0 Å². The topological polar surface area (TPSA) is 115 Å². The van der Waals surface area contributed by atoms with Crippen LogP contribution in [0, 0.1) is 0 Å². The lowest BCUT2D eigenvalue weighted by Gasteiger charge is -2.12. The first-order valence-corrected chi connectivity index (χ1v) is 12.7. The molecule has 1 aromatic heterocycles. The van der Waals surface area contributed by atoms with Crippen LogP contribution in [0.2, 0.25) is 0 Å². The summed E-state index contributed by atoms with van der Waals surface area (Å²) in [5.74, 6) is 0.943. The van der Waals surface area contributed by atoms with Gasteiger partial charge in [-0.3, -0.25) is 14.5 Å². The highest BCUT2D eigenvalue weighted by molar-refractivity contribution is 7.90. The van der Waals surface area contributed by atoms with Crippen molar-refractivity contribution in [3.8, 4) is 5.75 Å². The van der Waals surface area contributed by atoms with Crippen LogP contribution in [0.4, 0.5) is 5.69 Å². The normalized spacial score (nSPS) is 15.0. The summed E-state index contributed by atoms with van der Waals surface area (Å²) < 4.78 is 34.5. The molecule has 2 N–H and O–H groups in total. The van der Waals surface area contributed by atoms with E-state index in [1.165, 1.54) is 0 Å². The van der Waals surface area contributed by atoms with E-state index in [0.29, 0.717) is 55.4 Å². The Kier molecular flexibility index (Phi) is 7.58. The smallest absolute Gasteiger partial charge is 0.263 e. The number of amidine groups is 1. The standard InChI is InChI=1S/C24H27N5O4S/c30-23(27-20-9-4-5-10-21(20)33-17-16-29-15-14-25-18-29)12-2-1-7-13-26-24-19-8-3-6-11-22(19)34(31,32)28-24/h3-6,8-11,14-15,18H,1-2,7,12-13,16-17H2,(H,26,28)(H,27,30). The van der Waals surface area contributed by atoms with Crippen molar-refractivity contribution in [3.05, 3.63) is 72.8 Å². The van der Waals surface area contributed by atoms with Gasteiger partial charge in [-0.15, -0.1) is 0 Å². The number of nitrogens with one attached hydrogen (secondary N) is 2. The number of para-hydroxylation sites is 2. The number of rotatable bonds is 11. The summed E-state index contributed by atoms with van der Waals surface area (Å²) in [6.45, 7) is 1.62. The van der Waals surface area contributed by atoms with E-state index in [2.05, 4.69) is 20.0 Å². The number of carbonyl (C=O) groups is 1. The van der Waals surface area contributed by atoms with Crippen LogP contribution in [0.1, 0.15) is 31.2 Å². The van der Waals surface area contributed by atoms with E-state index in [9.17, 15) is 13.2 Å². The summed E-state index contributed by atoms with van der Waals surface area (Å²) in [6, 6.07) is 14.2. The molecular formula is C24H27N5O4S. The number of imidazole rings is 1. The summed E-state index contributed by atoms with van der Waals surface area (Å²) in [4.78, 5) is 21.1. The van der Waals surface area contributed by atoms with Crippen LogP contribution in [-0.2, 0) is 21.4 Å². The summed E-state index contributed by atoms with van der Waals surface area (Å²) in [5.41, 5.74) is 1.25. The van der Waals surface area contributed by atoms with Gasteiger partial charge in [0.15, 0.2) is 0 Å². The fraction of sp³-hybridized carbons (Fsp3) is 0.292. The molecule has 1 aliphatic rings.